The molecule has 2 aliphatic rings. The molecule has 2 fully saturated rings. The molecule has 2 aromatic heterocycles. The summed E-state index contributed by atoms with van der Waals surface area (Å²) in [7, 11) is 0. The van der Waals surface area contributed by atoms with Gasteiger partial charge in [-0.25, -0.2) is 13.8 Å². The number of nitrogens with zero attached hydrogens (tertiary/aromatic N) is 3. The van der Waals surface area contributed by atoms with Crippen molar-refractivity contribution in [3.05, 3.63) is 24.3 Å². The molecule has 0 spiro atoms. The van der Waals surface area contributed by atoms with Gasteiger partial charge in [-0.15, -0.1) is 0 Å². The fourth-order valence-corrected chi connectivity index (χ4v) is 5.29. The molecule has 4 N–H and O–H groups in total. The number of alkyl halides is 2. The molecule has 1 saturated carbocycles. The predicted octanol–water partition coefficient (Wildman–Crippen LogP) is 3.97. The van der Waals surface area contributed by atoms with Gasteiger partial charge in [0.2, 0.25) is 0 Å². The van der Waals surface area contributed by atoms with Crippen LogP contribution in [0.5, 0.6) is 0 Å². The van der Waals surface area contributed by atoms with Gasteiger partial charge >= 0.3 is 0 Å². The number of thioether (sulfide) groups is 1. The Hall–Kier alpha value is -1.69. The minimum atomic E-state index is -2.89. The van der Waals surface area contributed by atoms with Crippen LogP contribution in [0.15, 0.2) is 23.4 Å². The topological polar surface area (TPSA) is 92.3 Å². The van der Waals surface area contributed by atoms with Crippen molar-refractivity contribution in [3.63, 3.8) is 0 Å². The second-order valence-corrected chi connectivity index (χ2v) is 10.1. The molecule has 0 bridgehead atoms. The third-order valence-electron chi connectivity index (χ3n) is 5.83. The zero-order chi connectivity index (χ0) is 22.2. The number of fused-ring (bicyclic) bond motifs is 1. The van der Waals surface area contributed by atoms with E-state index in [1.54, 1.807) is 22.5 Å². The molecule has 0 radical (unpaired) electrons. The predicted molar refractivity (Wildman–Crippen MR) is 124 cm³/mol. The number of hydrogen-bond acceptors (Lipinski definition) is 8. The highest BCUT2D eigenvalue weighted by molar-refractivity contribution is 8.26. The maximum absolute atomic E-state index is 12.8. The smallest absolute Gasteiger partial charge is 0.285 e. The SMILES string of the molecule is CCC1(NSc2cc(N3CCNC(C)C3)c3cnc(C(=N)SC(=N)C(F)F)n3c2)CC1. The monoisotopic (exact) mass is 467 g/mol. The lowest BCUT2D eigenvalue weighted by Gasteiger charge is -2.34. The van der Waals surface area contributed by atoms with Crippen LogP contribution in [-0.4, -0.2) is 57.1 Å². The van der Waals surface area contributed by atoms with Gasteiger partial charge < -0.3 is 10.2 Å². The van der Waals surface area contributed by atoms with Crippen LogP contribution in [-0.2, 0) is 0 Å². The van der Waals surface area contributed by atoms with E-state index in [4.69, 9.17) is 10.8 Å². The summed E-state index contributed by atoms with van der Waals surface area (Å²) in [5.41, 5.74) is 2.04. The molecule has 1 saturated heterocycles. The summed E-state index contributed by atoms with van der Waals surface area (Å²) in [6.07, 6.45) is 4.08. The van der Waals surface area contributed by atoms with Crippen molar-refractivity contribution in [2.45, 2.75) is 56.0 Å². The summed E-state index contributed by atoms with van der Waals surface area (Å²) in [6, 6.07) is 2.49. The molecule has 1 unspecified atom stereocenters. The average Bonchev–Trinajstić information content (AvgIpc) is 3.41. The molecular formula is C20H27F2N7S2. The Morgan fingerprint density at radius 3 is 2.84 bits per heavy atom. The average molecular weight is 468 g/mol. The molecule has 2 aromatic rings. The number of pyridine rings is 1. The third-order valence-corrected chi connectivity index (χ3v) is 7.61. The van der Waals surface area contributed by atoms with Crippen molar-refractivity contribution in [1.82, 2.24) is 19.4 Å². The maximum atomic E-state index is 12.8. The van der Waals surface area contributed by atoms with Gasteiger partial charge in [-0.05, 0) is 56.0 Å². The van der Waals surface area contributed by atoms with Crippen molar-refractivity contribution < 1.29 is 8.78 Å². The number of piperazine rings is 1. The van der Waals surface area contributed by atoms with Gasteiger partial charge in [0, 0.05) is 42.3 Å². The number of aromatic nitrogens is 2. The van der Waals surface area contributed by atoms with Crippen LogP contribution in [0.4, 0.5) is 14.5 Å². The normalized spacial score (nSPS) is 20.4. The summed E-state index contributed by atoms with van der Waals surface area (Å²) in [6.45, 7) is 6.90. The molecule has 3 heterocycles. The van der Waals surface area contributed by atoms with E-state index in [9.17, 15) is 8.78 Å². The molecule has 11 heteroatoms. The first kappa shape index (κ1) is 22.5. The van der Waals surface area contributed by atoms with Crippen LogP contribution in [0.3, 0.4) is 0 Å². The standard InChI is InChI=1S/C20H27F2N7S2/c1-3-20(4-5-20)27-31-13-8-14(28-7-6-25-12(2)10-28)15-9-26-19(29(15)11-13)18(24)30-17(23)16(21)22/h8-9,11-12,16,23-25,27H,3-7,10H2,1-2H3. The molecule has 0 amide bonds. The molecule has 168 valence electrons. The Morgan fingerprint density at radius 1 is 1.42 bits per heavy atom. The fourth-order valence-electron chi connectivity index (χ4n) is 3.73. The summed E-state index contributed by atoms with van der Waals surface area (Å²) in [4.78, 5) is 7.65. The molecule has 4 rings (SSSR count). The van der Waals surface area contributed by atoms with E-state index in [2.05, 4.69) is 39.8 Å². The Kier molecular flexibility index (Phi) is 6.57. The molecule has 7 nitrogen and oxygen atoms in total. The lowest BCUT2D eigenvalue weighted by atomic mass is 10.2. The quantitative estimate of drug-likeness (QED) is 0.280. The van der Waals surface area contributed by atoms with Crippen LogP contribution in [0.2, 0.25) is 0 Å². The zero-order valence-electron chi connectivity index (χ0n) is 17.5. The van der Waals surface area contributed by atoms with Gasteiger partial charge in [-0.2, -0.15) is 0 Å². The third kappa shape index (κ3) is 4.89. The van der Waals surface area contributed by atoms with E-state index in [0.717, 1.165) is 55.0 Å². The minimum Gasteiger partial charge on any atom is -0.367 e. The van der Waals surface area contributed by atoms with Gasteiger partial charge in [-0.3, -0.25) is 19.9 Å². The van der Waals surface area contributed by atoms with Crippen LogP contribution in [0, 0.1) is 10.8 Å². The summed E-state index contributed by atoms with van der Waals surface area (Å²) in [5.74, 6) is 0.272. The van der Waals surface area contributed by atoms with Gasteiger partial charge in [0.15, 0.2) is 5.82 Å². The molecule has 1 atom stereocenters. The summed E-state index contributed by atoms with van der Waals surface area (Å²) in [5, 5.41) is 18.1. The lowest BCUT2D eigenvalue weighted by molar-refractivity contribution is 0.228. The second-order valence-electron chi connectivity index (χ2n) is 8.13. The summed E-state index contributed by atoms with van der Waals surface area (Å²) >= 11 is 2.02. The van der Waals surface area contributed by atoms with Crippen molar-refractivity contribution in [2.24, 2.45) is 0 Å². The number of anilines is 1. The van der Waals surface area contributed by atoms with Crippen LogP contribution < -0.4 is 14.9 Å². The van der Waals surface area contributed by atoms with E-state index in [0.29, 0.717) is 17.8 Å². The highest BCUT2D eigenvalue weighted by Gasteiger charge is 2.40. The Labute approximate surface area is 188 Å². The Morgan fingerprint density at radius 2 is 2.19 bits per heavy atom. The molecule has 31 heavy (non-hydrogen) atoms. The molecular weight excluding hydrogens is 440 g/mol. The molecule has 1 aliphatic carbocycles. The van der Waals surface area contributed by atoms with Gasteiger partial charge in [0.1, 0.15) is 10.1 Å². The first-order chi connectivity index (χ1) is 14.8. The molecule has 1 aliphatic heterocycles. The Bertz CT molecular complexity index is 989. The summed E-state index contributed by atoms with van der Waals surface area (Å²) < 4.78 is 31.0. The number of nitrogens with one attached hydrogen (secondary N) is 4. The maximum Gasteiger partial charge on any atom is 0.285 e. The van der Waals surface area contributed by atoms with Gasteiger partial charge in [-0.1, -0.05) is 6.92 Å². The van der Waals surface area contributed by atoms with E-state index in [1.165, 1.54) is 0 Å². The molecule has 0 aromatic carbocycles. The van der Waals surface area contributed by atoms with E-state index in [1.807, 2.05) is 6.20 Å². The fraction of sp³-hybridized carbons (Fsp3) is 0.550. The first-order valence-corrected chi connectivity index (χ1v) is 12.0. The van der Waals surface area contributed by atoms with E-state index >= 15 is 0 Å². The highest BCUT2D eigenvalue weighted by Crippen LogP contribution is 2.41. The largest absolute Gasteiger partial charge is 0.367 e. The van der Waals surface area contributed by atoms with Crippen LogP contribution in [0.1, 0.15) is 38.9 Å². The van der Waals surface area contributed by atoms with Crippen LogP contribution in [0.25, 0.3) is 5.52 Å². The van der Waals surface area contributed by atoms with Crippen molar-refractivity contribution in [1.29, 1.82) is 10.8 Å². The lowest BCUT2D eigenvalue weighted by Crippen LogP contribution is -2.49. The first-order valence-electron chi connectivity index (χ1n) is 10.4. The number of rotatable bonds is 7. The van der Waals surface area contributed by atoms with Crippen molar-refractivity contribution in [3.8, 4) is 0 Å². The van der Waals surface area contributed by atoms with Gasteiger partial charge in [0.25, 0.3) is 6.43 Å². The van der Waals surface area contributed by atoms with E-state index in [-0.39, 0.29) is 16.4 Å². The number of hydrogen-bond donors (Lipinski definition) is 4. The zero-order valence-corrected chi connectivity index (χ0v) is 19.2. The Balaban J connectivity index is 1.69. The van der Waals surface area contributed by atoms with Crippen LogP contribution >= 0.6 is 23.7 Å². The van der Waals surface area contributed by atoms with E-state index < -0.39 is 11.5 Å². The number of halogens is 2. The van der Waals surface area contributed by atoms with Gasteiger partial charge in [0.05, 0.1) is 17.4 Å². The van der Waals surface area contributed by atoms with Crippen molar-refractivity contribution in [2.75, 3.05) is 24.5 Å². The second kappa shape index (κ2) is 9.05. The van der Waals surface area contributed by atoms with Crippen molar-refractivity contribution >= 4 is 45.0 Å². The highest BCUT2D eigenvalue weighted by atomic mass is 32.2. The minimum absolute atomic E-state index is 0.160. The number of imidazole rings is 1.